The minimum atomic E-state index is -4.05. The van der Waals surface area contributed by atoms with Gasteiger partial charge < -0.3 is 19.5 Å². The van der Waals surface area contributed by atoms with E-state index in [1.165, 1.54) is 19.2 Å². The average molecular weight is 483 g/mol. The monoisotopic (exact) mass is 482 g/mol. The van der Waals surface area contributed by atoms with Gasteiger partial charge in [-0.3, -0.25) is 9.10 Å². The maximum absolute atomic E-state index is 13.5. The number of hydrogen-bond acceptors (Lipinski definition) is 6. The third-order valence-electron chi connectivity index (χ3n) is 5.34. The Kier molecular flexibility index (Phi) is 6.93. The van der Waals surface area contributed by atoms with Gasteiger partial charge in [-0.25, -0.2) is 8.42 Å². The summed E-state index contributed by atoms with van der Waals surface area (Å²) < 4.78 is 45.0. The highest BCUT2D eigenvalue weighted by atomic mass is 32.2. The molecule has 0 fully saturated rings. The van der Waals surface area contributed by atoms with Crippen molar-refractivity contribution in [2.24, 2.45) is 0 Å². The number of para-hydroxylation sites is 4. The van der Waals surface area contributed by atoms with E-state index < -0.39 is 28.6 Å². The molecular formula is C25H26N2O6S. The standard InChI is InChI=1S/C25H26N2O6S/c1-18-11-13-20(14-12-18)34(29,30)27(21-7-3-4-8-22(21)31-2)16-25(28)26-15-19-17-32-23-9-5-6-10-24(23)33-19/h3-14,19H,15-17H2,1-2H3,(H,26,28)/t19-/m0/s1. The number of carbonyl (C=O) groups is 1. The number of aryl methyl sites for hydroxylation is 1. The van der Waals surface area contributed by atoms with Crippen molar-refractivity contribution in [3.8, 4) is 17.2 Å². The molecule has 0 aromatic heterocycles. The van der Waals surface area contributed by atoms with Crippen molar-refractivity contribution in [2.75, 3.05) is 31.1 Å². The molecule has 0 spiro atoms. The molecule has 3 aromatic rings. The number of sulfonamides is 1. The van der Waals surface area contributed by atoms with Gasteiger partial charge in [-0.15, -0.1) is 0 Å². The summed E-state index contributed by atoms with van der Waals surface area (Å²) in [6.07, 6.45) is -0.396. The Morgan fingerprint density at radius 1 is 1.03 bits per heavy atom. The van der Waals surface area contributed by atoms with Crippen molar-refractivity contribution in [3.63, 3.8) is 0 Å². The van der Waals surface area contributed by atoms with Crippen molar-refractivity contribution < 1.29 is 27.4 Å². The highest BCUT2D eigenvalue weighted by Crippen LogP contribution is 2.32. The van der Waals surface area contributed by atoms with Gasteiger partial charge >= 0.3 is 0 Å². The molecule has 8 nitrogen and oxygen atoms in total. The highest BCUT2D eigenvalue weighted by molar-refractivity contribution is 7.92. The van der Waals surface area contributed by atoms with Crippen LogP contribution in [0.5, 0.6) is 17.2 Å². The van der Waals surface area contributed by atoms with Gasteiger partial charge in [0.1, 0.15) is 25.0 Å². The Balaban J connectivity index is 1.53. The molecule has 34 heavy (non-hydrogen) atoms. The number of carbonyl (C=O) groups excluding carboxylic acids is 1. The van der Waals surface area contributed by atoms with Crippen molar-refractivity contribution in [1.82, 2.24) is 5.32 Å². The first-order chi connectivity index (χ1) is 16.4. The Morgan fingerprint density at radius 2 is 1.71 bits per heavy atom. The van der Waals surface area contributed by atoms with Crippen molar-refractivity contribution in [3.05, 3.63) is 78.4 Å². The van der Waals surface area contributed by atoms with Crippen LogP contribution in [0.3, 0.4) is 0 Å². The molecule has 0 radical (unpaired) electrons. The number of fused-ring (bicyclic) bond motifs is 1. The second kappa shape index (κ2) is 10.0. The van der Waals surface area contributed by atoms with Crippen molar-refractivity contribution in [1.29, 1.82) is 0 Å². The largest absolute Gasteiger partial charge is 0.495 e. The number of anilines is 1. The van der Waals surface area contributed by atoms with E-state index in [2.05, 4.69) is 5.32 Å². The molecule has 1 amide bonds. The fourth-order valence-electron chi connectivity index (χ4n) is 3.55. The summed E-state index contributed by atoms with van der Waals surface area (Å²) in [4.78, 5) is 13.0. The zero-order valence-electron chi connectivity index (χ0n) is 18.9. The van der Waals surface area contributed by atoms with Gasteiger partial charge in [0.2, 0.25) is 5.91 Å². The topological polar surface area (TPSA) is 94.2 Å². The molecule has 0 aliphatic carbocycles. The van der Waals surface area contributed by atoms with E-state index >= 15 is 0 Å². The summed E-state index contributed by atoms with van der Waals surface area (Å²) in [5, 5.41) is 2.76. The molecule has 178 valence electrons. The summed E-state index contributed by atoms with van der Waals surface area (Å²) in [7, 11) is -2.59. The van der Waals surface area contributed by atoms with E-state index in [0.29, 0.717) is 17.2 Å². The lowest BCUT2D eigenvalue weighted by Gasteiger charge is -2.28. The van der Waals surface area contributed by atoms with Gasteiger partial charge in [0.15, 0.2) is 11.5 Å². The van der Waals surface area contributed by atoms with Gasteiger partial charge in [0.05, 0.1) is 24.2 Å². The molecular weight excluding hydrogens is 456 g/mol. The summed E-state index contributed by atoms with van der Waals surface area (Å²) >= 11 is 0. The fraction of sp³-hybridized carbons (Fsp3) is 0.240. The van der Waals surface area contributed by atoms with Gasteiger partial charge in [0.25, 0.3) is 10.0 Å². The first kappa shape index (κ1) is 23.4. The van der Waals surface area contributed by atoms with Crippen LogP contribution in [0.2, 0.25) is 0 Å². The second-order valence-electron chi connectivity index (χ2n) is 7.80. The van der Waals surface area contributed by atoms with Crippen LogP contribution in [0.25, 0.3) is 0 Å². The molecule has 0 saturated heterocycles. The van der Waals surface area contributed by atoms with E-state index in [1.807, 2.05) is 25.1 Å². The van der Waals surface area contributed by atoms with E-state index in [9.17, 15) is 13.2 Å². The zero-order valence-corrected chi connectivity index (χ0v) is 19.7. The number of ether oxygens (including phenoxy) is 3. The van der Waals surface area contributed by atoms with Gasteiger partial charge in [-0.1, -0.05) is 42.0 Å². The highest BCUT2D eigenvalue weighted by Gasteiger charge is 2.30. The summed E-state index contributed by atoms with van der Waals surface area (Å²) in [5.41, 5.74) is 1.20. The maximum atomic E-state index is 13.5. The molecule has 1 N–H and O–H groups in total. The van der Waals surface area contributed by atoms with E-state index in [1.54, 1.807) is 42.5 Å². The Labute approximate surface area is 199 Å². The molecule has 3 aromatic carbocycles. The lowest BCUT2D eigenvalue weighted by atomic mass is 10.2. The number of rotatable bonds is 8. The lowest BCUT2D eigenvalue weighted by molar-refractivity contribution is -0.120. The fourth-order valence-corrected chi connectivity index (χ4v) is 4.98. The molecule has 1 heterocycles. The minimum Gasteiger partial charge on any atom is -0.495 e. The van der Waals surface area contributed by atoms with Gasteiger partial charge in [-0.2, -0.15) is 0 Å². The lowest BCUT2D eigenvalue weighted by Crippen LogP contribution is -2.45. The van der Waals surface area contributed by atoms with Crippen LogP contribution in [-0.2, 0) is 14.8 Å². The number of methoxy groups -OCH3 is 1. The number of hydrogen-bond donors (Lipinski definition) is 1. The van der Waals surface area contributed by atoms with Gasteiger partial charge in [-0.05, 0) is 43.3 Å². The zero-order chi connectivity index (χ0) is 24.1. The van der Waals surface area contributed by atoms with Crippen molar-refractivity contribution in [2.45, 2.75) is 17.9 Å². The number of nitrogens with one attached hydrogen (secondary N) is 1. The summed E-state index contributed by atoms with van der Waals surface area (Å²) in [5.74, 6) is 1.11. The molecule has 0 bridgehead atoms. The average Bonchev–Trinajstić information content (AvgIpc) is 2.86. The Bertz CT molecular complexity index is 1260. The van der Waals surface area contributed by atoms with Crippen LogP contribution < -0.4 is 23.8 Å². The van der Waals surface area contributed by atoms with Crippen molar-refractivity contribution >= 4 is 21.6 Å². The molecule has 1 aliphatic rings. The van der Waals surface area contributed by atoms with Crippen LogP contribution in [0.4, 0.5) is 5.69 Å². The molecule has 0 unspecified atom stereocenters. The van der Waals surface area contributed by atoms with Gasteiger partial charge in [0, 0.05) is 0 Å². The summed E-state index contributed by atoms with van der Waals surface area (Å²) in [6, 6.07) is 20.4. The minimum absolute atomic E-state index is 0.0810. The SMILES string of the molecule is COc1ccccc1N(CC(=O)NC[C@H]1COc2ccccc2O1)S(=O)(=O)c1ccc(C)cc1. The smallest absolute Gasteiger partial charge is 0.264 e. The van der Waals surface area contributed by atoms with E-state index in [4.69, 9.17) is 14.2 Å². The first-order valence-corrected chi connectivity index (χ1v) is 12.2. The normalized spacial score (nSPS) is 14.8. The maximum Gasteiger partial charge on any atom is 0.264 e. The van der Waals surface area contributed by atoms with Crippen LogP contribution in [0.15, 0.2) is 77.7 Å². The first-order valence-electron chi connectivity index (χ1n) is 10.8. The van der Waals surface area contributed by atoms with Crippen LogP contribution in [0.1, 0.15) is 5.56 Å². The van der Waals surface area contributed by atoms with E-state index in [-0.39, 0.29) is 23.7 Å². The number of benzene rings is 3. The molecule has 4 rings (SSSR count). The molecule has 1 aliphatic heterocycles. The third-order valence-corrected chi connectivity index (χ3v) is 7.12. The molecule has 0 saturated carbocycles. The molecule has 1 atom stereocenters. The second-order valence-corrected chi connectivity index (χ2v) is 9.66. The molecule has 9 heteroatoms. The van der Waals surface area contributed by atoms with E-state index in [0.717, 1.165) is 9.87 Å². The van der Waals surface area contributed by atoms with Crippen LogP contribution >= 0.6 is 0 Å². The number of nitrogens with zero attached hydrogens (tertiary/aromatic N) is 1. The Morgan fingerprint density at radius 3 is 2.44 bits per heavy atom. The van der Waals surface area contributed by atoms with Crippen LogP contribution in [0, 0.1) is 6.92 Å². The van der Waals surface area contributed by atoms with Crippen LogP contribution in [-0.4, -0.2) is 47.2 Å². The Hall–Kier alpha value is -3.72. The number of amides is 1. The summed E-state index contributed by atoms with van der Waals surface area (Å²) in [6.45, 7) is 1.88. The predicted octanol–water partition coefficient (Wildman–Crippen LogP) is 3.16. The predicted molar refractivity (Wildman–Crippen MR) is 128 cm³/mol. The third kappa shape index (κ3) is 5.09. The quantitative estimate of drug-likeness (QED) is 0.530.